The van der Waals surface area contributed by atoms with E-state index in [1.54, 1.807) is 11.3 Å². The Hall–Kier alpha value is -0.450. The summed E-state index contributed by atoms with van der Waals surface area (Å²) in [5.74, 6) is 0. The molecule has 4 heteroatoms. The van der Waals surface area contributed by atoms with Gasteiger partial charge in [-0.25, -0.2) is 4.98 Å². The highest BCUT2D eigenvalue weighted by Crippen LogP contribution is 2.10. The predicted molar refractivity (Wildman–Crippen MR) is 75.4 cm³/mol. The zero-order valence-corrected chi connectivity index (χ0v) is 12.3. The van der Waals surface area contributed by atoms with Crippen molar-refractivity contribution in [3.8, 4) is 0 Å². The van der Waals surface area contributed by atoms with Crippen LogP contribution in [0.3, 0.4) is 0 Å². The van der Waals surface area contributed by atoms with Gasteiger partial charge < -0.3 is 5.32 Å². The topological polar surface area (TPSA) is 28.2 Å². The smallest absolute Gasteiger partial charge is 0.0795 e. The molecule has 0 saturated heterocycles. The maximum Gasteiger partial charge on any atom is 0.0795 e. The minimum Gasteiger partial charge on any atom is -0.313 e. The number of thiazole rings is 1. The maximum atomic E-state index is 4.35. The lowest BCUT2D eigenvalue weighted by Crippen LogP contribution is -2.41. The van der Waals surface area contributed by atoms with Crippen LogP contribution in [0.25, 0.3) is 0 Å². The van der Waals surface area contributed by atoms with Gasteiger partial charge in [-0.05, 0) is 13.5 Å². The van der Waals surface area contributed by atoms with Gasteiger partial charge in [0, 0.05) is 30.6 Å². The molecule has 0 spiro atoms. The molecule has 3 nitrogen and oxygen atoms in total. The van der Waals surface area contributed by atoms with Gasteiger partial charge in [0.05, 0.1) is 11.2 Å². The number of likely N-dealkylation sites (N-methyl/N-ethyl adjacent to an activating group) is 1. The van der Waals surface area contributed by atoms with Crippen molar-refractivity contribution >= 4 is 11.3 Å². The zero-order valence-electron chi connectivity index (χ0n) is 11.4. The predicted octanol–water partition coefficient (Wildman–Crippen LogP) is 2.74. The van der Waals surface area contributed by atoms with Gasteiger partial charge in [-0.1, -0.05) is 27.2 Å². The molecule has 17 heavy (non-hydrogen) atoms. The number of aromatic nitrogens is 1. The third-order valence-electron chi connectivity index (χ3n) is 2.90. The van der Waals surface area contributed by atoms with Crippen LogP contribution in [0, 0.1) is 0 Å². The Kier molecular flexibility index (Phi) is 6.70. The fourth-order valence-corrected chi connectivity index (χ4v) is 2.43. The van der Waals surface area contributed by atoms with E-state index in [-0.39, 0.29) is 0 Å². The molecule has 0 radical (unpaired) electrons. The number of nitrogens with zero attached hydrogens (tertiary/aromatic N) is 2. The first-order valence-corrected chi connectivity index (χ1v) is 7.38. The van der Waals surface area contributed by atoms with Crippen molar-refractivity contribution in [2.45, 2.75) is 52.2 Å². The normalized spacial score (nSPS) is 13.5. The average molecular weight is 255 g/mol. The summed E-state index contributed by atoms with van der Waals surface area (Å²) in [5.41, 5.74) is 3.09. The molecule has 1 rings (SSSR count). The summed E-state index contributed by atoms with van der Waals surface area (Å²) in [6.45, 7) is 8.66. The monoisotopic (exact) mass is 255 g/mol. The van der Waals surface area contributed by atoms with Crippen LogP contribution < -0.4 is 5.32 Å². The Morgan fingerprint density at radius 2 is 2.24 bits per heavy atom. The Morgan fingerprint density at radius 3 is 2.76 bits per heavy atom. The van der Waals surface area contributed by atoms with Gasteiger partial charge in [0.2, 0.25) is 0 Å². The molecule has 1 atom stereocenters. The molecule has 1 unspecified atom stereocenters. The minimum absolute atomic E-state index is 0.557. The van der Waals surface area contributed by atoms with Crippen LogP contribution in [0.5, 0.6) is 0 Å². The lowest BCUT2D eigenvalue weighted by molar-refractivity contribution is 0.210. The van der Waals surface area contributed by atoms with E-state index in [9.17, 15) is 0 Å². The molecule has 0 amide bonds. The summed E-state index contributed by atoms with van der Waals surface area (Å²) in [6.07, 6.45) is 2.46. The lowest BCUT2D eigenvalue weighted by Gasteiger charge is -2.28. The fourth-order valence-electron chi connectivity index (χ4n) is 1.88. The largest absolute Gasteiger partial charge is 0.313 e. The molecule has 0 bridgehead atoms. The van der Waals surface area contributed by atoms with Crippen LogP contribution in [0.4, 0.5) is 0 Å². The molecule has 1 heterocycles. The Labute approximate surface area is 109 Å². The third kappa shape index (κ3) is 5.61. The molecule has 0 aliphatic heterocycles. The number of nitrogens with one attached hydrogen (secondary N) is 1. The molecule has 0 fully saturated rings. The van der Waals surface area contributed by atoms with Gasteiger partial charge in [-0.2, -0.15) is 0 Å². The molecular weight excluding hydrogens is 230 g/mol. The molecule has 98 valence electrons. The second-order valence-electron chi connectivity index (χ2n) is 4.90. The van der Waals surface area contributed by atoms with Crippen LogP contribution in [-0.2, 0) is 6.54 Å². The summed E-state index contributed by atoms with van der Waals surface area (Å²) in [5, 5.41) is 5.67. The van der Waals surface area contributed by atoms with Crippen LogP contribution in [0.2, 0.25) is 0 Å². The van der Waals surface area contributed by atoms with E-state index in [4.69, 9.17) is 0 Å². The van der Waals surface area contributed by atoms with Crippen molar-refractivity contribution in [3.05, 3.63) is 16.6 Å². The van der Waals surface area contributed by atoms with Crippen LogP contribution >= 0.6 is 11.3 Å². The first-order valence-electron chi connectivity index (χ1n) is 6.44. The van der Waals surface area contributed by atoms with E-state index in [0.29, 0.717) is 12.1 Å². The molecule has 0 aliphatic carbocycles. The van der Waals surface area contributed by atoms with Gasteiger partial charge in [-0.3, -0.25) is 4.90 Å². The Bertz CT molecular complexity index is 285. The van der Waals surface area contributed by atoms with Crippen molar-refractivity contribution in [3.63, 3.8) is 0 Å². The first kappa shape index (κ1) is 14.6. The Balaban J connectivity index is 2.44. The van der Waals surface area contributed by atoms with E-state index in [1.165, 1.54) is 18.5 Å². The van der Waals surface area contributed by atoms with Crippen molar-refractivity contribution in [2.24, 2.45) is 0 Å². The van der Waals surface area contributed by atoms with Gasteiger partial charge in [0.1, 0.15) is 0 Å². The average Bonchev–Trinajstić information content (AvgIpc) is 2.76. The number of hydrogen-bond donors (Lipinski definition) is 1. The highest BCUT2D eigenvalue weighted by Gasteiger charge is 2.14. The molecule has 1 N–H and O–H groups in total. The van der Waals surface area contributed by atoms with Gasteiger partial charge >= 0.3 is 0 Å². The van der Waals surface area contributed by atoms with Gasteiger partial charge in [-0.15, -0.1) is 11.3 Å². The molecule has 0 aliphatic rings. The molecule has 0 aromatic carbocycles. The standard InChI is InChI=1S/C13H25N3S/c1-5-6-13(7-14-11(2)3)16(4)8-12-9-17-10-15-12/h9-11,13-14H,5-8H2,1-4H3. The number of rotatable bonds is 8. The van der Waals surface area contributed by atoms with E-state index < -0.39 is 0 Å². The second-order valence-corrected chi connectivity index (χ2v) is 5.62. The molecule has 1 aromatic rings. The van der Waals surface area contributed by atoms with Crippen molar-refractivity contribution in [2.75, 3.05) is 13.6 Å². The van der Waals surface area contributed by atoms with Crippen molar-refractivity contribution in [1.29, 1.82) is 0 Å². The lowest BCUT2D eigenvalue weighted by atomic mass is 10.1. The van der Waals surface area contributed by atoms with Gasteiger partial charge in [0.25, 0.3) is 0 Å². The zero-order chi connectivity index (χ0) is 12.7. The molecular formula is C13H25N3S. The minimum atomic E-state index is 0.557. The first-order chi connectivity index (χ1) is 8.13. The van der Waals surface area contributed by atoms with E-state index in [1.807, 2.05) is 5.51 Å². The Morgan fingerprint density at radius 1 is 1.47 bits per heavy atom. The third-order valence-corrected chi connectivity index (χ3v) is 3.54. The quantitative estimate of drug-likeness (QED) is 0.774. The van der Waals surface area contributed by atoms with Gasteiger partial charge in [0.15, 0.2) is 0 Å². The fraction of sp³-hybridized carbons (Fsp3) is 0.769. The highest BCUT2D eigenvalue weighted by molar-refractivity contribution is 7.07. The second kappa shape index (κ2) is 7.80. The summed E-state index contributed by atoms with van der Waals surface area (Å²) in [7, 11) is 2.20. The SMILES string of the molecule is CCCC(CNC(C)C)N(C)Cc1cscn1. The summed E-state index contributed by atoms with van der Waals surface area (Å²) >= 11 is 1.67. The summed E-state index contributed by atoms with van der Waals surface area (Å²) < 4.78 is 0. The maximum absolute atomic E-state index is 4.35. The van der Waals surface area contributed by atoms with Crippen molar-refractivity contribution < 1.29 is 0 Å². The van der Waals surface area contributed by atoms with E-state index >= 15 is 0 Å². The van der Waals surface area contributed by atoms with E-state index in [0.717, 1.165) is 13.1 Å². The number of hydrogen-bond acceptors (Lipinski definition) is 4. The summed E-state index contributed by atoms with van der Waals surface area (Å²) in [6, 6.07) is 1.16. The van der Waals surface area contributed by atoms with Crippen LogP contribution in [0.1, 0.15) is 39.3 Å². The molecule has 1 aromatic heterocycles. The molecule has 0 saturated carbocycles. The van der Waals surface area contributed by atoms with Crippen LogP contribution in [-0.4, -0.2) is 35.6 Å². The summed E-state index contributed by atoms with van der Waals surface area (Å²) in [4.78, 5) is 6.76. The highest BCUT2D eigenvalue weighted by atomic mass is 32.1. The van der Waals surface area contributed by atoms with Crippen LogP contribution in [0.15, 0.2) is 10.9 Å². The van der Waals surface area contributed by atoms with Crippen molar-refractivity contribution in [1.82, 2.24) is 15.2 Å². The van der Waals surface area contributed by atoms with E-state index in [2.05, 4.69) is 48.4 Å².